The summed E-state index contributed by atoms with van der Waals surface area (Å²) in [5, 5.41) is 3.06. The largest absolute Gasteiger partial charge is 0.382 e. The number of nitrogens with two attached hydrogens (primary N) is 1. The van der Waals surface area contributed by atoms with Crippen LogP contribution in [-0.4, -0.2) is 25.7 Å². The Morgan fingerprint density at radius 1 is 1.41 bits per heavy atom. The van der Waals surface area contributed by atoms with Gasteiger partial charge in [0, 0.05) is 12.8 Å². The summed E-state index contributed by atoms with van der Waals surface area (Å²) in [7, 11) is 1.68. The summed E-state index contributed by atoms with van der Waals surface area (Å²) < 4.78 is 5.12. The van der Waals surface area contributed by atoms with Gasteiger partial charge in [-0.25, -0.2) is 4.99 Å². The van der Waals surface area contributed by atoms with Gasteiger partial charge in [-0.15, -0.1) is 0 Å². The zero-order valence-electron chi connectivity index (χ0n) is 10.5. The minimum absolute atomic E-state index is 0.126. The number of hydrogen-bond donors (Lipinski definition) is 2. The molecule has 0 aliphatic carbocycles. The van der Waals surface area contributed by atoms with Gasteiger partial charge < -0.3 is 15.8 Å². The third-order valence-corrected chi connectivity index (χ3v) is 2.35. The smallest absolute Gasteiger partial charge is 0.193 e. The minimum Gasteiger partial charge on any atom is -0.382 e. The zero-order chi connectivity index (χ0) is 12.5. The predicted molar refractivity (Wildman–Crippen MR) is 72.3 cm³/mol. The fraction of sp³-hybridized carbons (Fsp3) is 0.462. The second kappa shape index (κ2) is 7.68. The van der Waals surface area contributed by atoms with Gasteiger partial charge in [0.2, 0.25) is 0 Å². The van der Waals surface area contributed by atoms with Crippen LogP contribution in [-0.2, 0) is 4.74 Å². The number of para-hydroxylation sites is 1. The summed E-state index contributed by atoms with van der Waals surface area (Å²) in [5.41, 5.74) is 6.80. The number of methoxy groups -OCH3 is 1. The van der Waals surface area contributed by atoms with Gasteiger partial charge >= 0.3 is 0 Å². The SMILES string of the molecule is CCCC(COC)N=C(N)Nc1ccccc1. The third kappa shape index (κ3) is 5.36. The van der Waals surface area contributed by atoms with Crippen molar-refractivity contribution >= 4 is 11.6 Å². The fourth-order valence-electron chi connectivity index (χ4n) is 1.61. The van der Waals surface area contributed by atoms with E-state index >= 15 is 0 Å². The van der Waals surface area contributed by atoms with Crippen LogP contribution in [0.4, 0.5) is 5.69 Å². The number of anilines is 1. The fourth-order valence-corrected chi connectivity index (χ4v) is 1.61. The Morgan fingerprint density at radius 2 is 2.12 bits per heavy atom. The molecule has 0 heterocycles. The van der Waals surface area contributed by atoms with Gasteiger partial charge in [0.25, 0.3) is 0 Å². The zero-order valence-corrected chi connectivity index (χ0v) is 10.5. The molecule has 1 aromatic carbocycles. The van der Waals surface area contributed by atoms with Crippen LogP contribution < -0.4 is 11.1 Å². The van der Waals surface area contributed by atoms with E-state index in [4.69, 9.17) is 10.5 Å². The molecule has 0 aromatic heterocycles. The molecule has 0 bridgehead atoms. The first-order valence-electron chi connectivity index (χ1n) is 5.90. The van der Waals surface area contributed by atoms with Gasteiger partial charge in [0.05, 0.1) is 12.6 Å². The van der Waals surface area contributed by atoms with Crippen LogP contribution in [0.2, 0.25) is 0 Å². The minimum atomic E-state index is 0.126. The van der Waals surface area contributed by atoms with E-state index in [1.807, 2.05) is 30.3 Å². The van der Waals surface area contributed by atoms with Crippen molar-refractivity contribution in [1.29, 1.82) is 0 Å². The van der Waals surface area contributed by atoms with E-state index in [-0.39, 0.29) is 6.04 Å². The molecule has 1 atom stereocenters. The lowest BCUT2D eigenvalue weighted by Crippen LogP contribution is -2.26. The van der Waals surface area contributed by atoms with E-state index < -0.39 is 0 Å². The quantitative estimate of drug-likeness (QED) is 0.587. The second-order valence-corrected chi connectivity index (χ2v) is 3.90. The molecule has 94 valence electrons. The summed E-state index contributed by atoms with van der Waals surface area (Å²) in [6.45, 7) is 2.73. The summed E-state index contributed by atoms with van der Waals surface area (Å²) in [6.07, 6.45) is 2.04. The third-order valence-electron chi connectivity index (χ3n) is 2.35. The number of aliphatic imine (C=N–C) groups is 1. The van der Waals surface area contributed by atoms with Crippen molar-refractivity contribution in [3.05, 3.63) is 30.3 Å². The van der Waals surface area contributed by atoms with Crippen LogP contribution >= 0.6 is 0 Å². The maximum absolute atomic E-state index is 5.85. The molecule has 17 heavy (non-hydrogen) atoms. The first-order chi connectivity index (χ1) is 8.26. The summed E-state index contributed by atoms with van der Waals surface area (Å²) in [5.74, 6) is 0.437. The molecule has 3 N–H and O–H groups in total. The Balaban J connectivity index is 2.57. The molecule has 4 heteroatoms. The maximum atomic E-state index is 5.85. The molecule has 1 rings (SSSR count). The first kappa shape index (κ1) is 13.5. The van der Waals surface area contributed by atoms with Crippen LogP contribution in [0.5, 0.6) is 0 Å². The number of nitrogens with one attached hydrogen (secondary N) is 1. The Hall–Kier alpha value is -1.55. The van der Waals surface area contributed by atoms with Gasteiger partial charge in [-0.1, -0.05) is 31.5 Å². The van der Waals surface area contributed by atoms with Crippen LogP contribution in [0, 0.1) is 0 Å². The number of rotatable bonds is 6. The van der Waals surface area contributed by atoms with E-state index in [0.717, 1.165) is 18.5 Å². The Bertz CT molecular complexity index is 332. The summed E-state index contributed by atoms with van der Waals surface area (Å²) in [6, 6.07) is 9.90. The van der Waals surface area contributed by atoms with Gasteiger partial charge in [0.15, 0.2) is 5.96 Å². The molecule has 0 saturated carbocycles. The molecule has 0 fully saturated rings. The van der Waals surface area contributed by atoms with E-state index in [2.05, 4.69) is 17.2 Å². The first-order valence-corrected chi connectivity index (χ1v) is 5.90. The summed E-state index contributed by atoms with van der Waals surface area (Å²) >= 11 is 0. The molecule has 0 amide bonds. The van der Waals surface area contributed by atoms with Crippen molar-refractivity contribution in [2.45, 2.75) is 25.8 Å². The normalized spacial score (nSPS) is 13.4. The van der Waals surface area contributed by atoms with Crippen molar-refractivity contribution in [3.8, 4) is 0 Å². The van der Waals surface area contributed by atoms with E-state index in [9.17, 15) is 0 Å². The monoisotopic (exact) mass is 235 g/mol. The lowest BCUT2D eigenvalue weighted by atomic mass is 10.2. The molecule has 1 aromatic rings. The molecule has 0 aliphatic heterocycles. The van der Waals surface area contributed by atoms with Gasteiger partial charge in [0.1, 0.15) is 0 Å². The van der Waals surface area contributed by atoms with Crippen molar-refractivity contribution in [2.75, 3.05) is 19.0 Å². The van der Waals surface area contributed by atoms with Crippen molar-refractivity contribution in [1.82, 2.24) is 0 Å². The van der Waals surface area contributed by atoms with Crippen molar-refractivity contribution < 1.29 is 4.74 Å². The highest BCUT2D eigenvalue weighted by Crippen LogP contribution is 2.06. The average Bonchev–Trinajstić information content (AvgIpc) is 2.30. The summed E-state index contributed by atoms with van der Waals surface area (Å²) in [4.78, 5) is 4.41. The molecule has 1 unspecified atom stereocenters. The van der Waals surface area contributed by atoms with Crippen LogP contribution in [0.1, 0.15) is 19.8 Å². The lowest BCUT2D eigenvalue weighted by molar-refractivity contribution is 0.177. The van der Waals surface area contributed by atoms with Crippen molar-refractivity contribution in [2.24, 2.45) is 10.7 Å². The Labute approximate surface area is 103 Å². The van der Waals surface area contributed by atoms with E-state index in [1.165, 1.54) is 0 Å². The Kier molecular flexibility index (Phi) is 6.10. The Morgan fingerprint density at radius 3 is 2.71 bits per heavy atom. The molecular formula is C13H21N3O. The maximum Gasteiger partial charge on any atom is 0.193 e. The molecule has 4 nitrogen and oxygen atoms in total. The number of hydrogen-bond acceptors (Lipinski definition) is 2. The van der Waals surface area contributed by atoms with Gasteiger partial charge in [-0.05, 0) is 18.6 Å². The van der Waals surface area contributed by atoms with Crippen LogP contribution in [0.25, 0.3) is 0 Å². The highest BCUT2D eigenvalue weighted by Gasteiger charge is 2.06. The number of nitrogens with zero attached hydrogens (tertiary/aromatic N) is 1. The van der Waals surface area contributed by atoms with E-state index in [1.54, 1.807) is 7.11 Å². The average molecular weight is 235 g/mol. The molecular weight excluding hydrogens is 214 g/mol. The topological polar surface area (TPSA) is 59.6 Å². The van der Waals surface area contributed by atoms with Gasteiger partial charge in [-0.2, -0.15) is 0 Å². The highest BCUT2D eigenvalue weighted by atomic mass is 16.5. The van der Waals surface area contributed by atoms with Crippen molar-refractivity contribution in [3.63, 3.8) is 0 Å². The predicted octanol–water partition coefficient (Wildman–Crippen LogP) is 2.23. The number of guanidine groups is 1. The van der Waals surface area contributed by atoms with E-state index in [0.29, 0.717) is 12.6 Å². The van der Waals surface area contributed by atoms with Crippen LogP contribution in [0.3, 0.4) is 0 Å². The van der Waals surface area contributed by atoms with Crippen LogP contribution in [0.15, 0.2) is 35.3 Å². The molecule has 0 saturated heterocycles. The number of benzene rings is 1. The standard InChI is InChI=1S/C13H21N3O/c1-3-7-12(10-17-2)16-13(14)15-11-8-5-4-6-9-11/h4-6,8-9,12H,3,7,10H2,1-2H3,(H3,14,15,16). The number of ether oxygens (including phenoxy) is 1. The second-order valence-electron chi connectivity index (χ2n) is 3.90. The van der Waals surface area contributed by atoms with Gasteiger partial charge in [-0.3, -0.25) is 0 Å². The lowest BCUT2D eigenvalue weighted by Gasteiger charge is -2.12. The highest BCUT2D eigenvalue weighted by molar-refractivity contribution is 5.92. The molecule has 0 radical (unpaired) electrons. The molecule has 0 aliphatic rings. The molecule has 0 spiro atoms.